The zero-order valence-electron chi connectivity index (χ0n) is 11.4. The number of nitrogens with zero attached hydrogens (tertiary/aromatic N) is 4. The molecule has 0 radical (unpaired) electrons. The molecule has 0 saturated carbocycles. The van der Waals surface area contributed by atoms with Gasteiger partial charge in [-0.15, -0.1) is 0 Å². The molecule has 2 aromatic heterocycles. The summed E-state index contributed by atoms with van der Waals surface area (Å²) in [5.74, 6) is 0.372. The highest BCUT2D eigenvalue weighted by Gasteiger charge is 2.13. The highest BCUT2D eigenvalue weighted by Crippen LogP contribution is 2.24. The van der Waals surface area contributed by atoms with Crippen molar-refractivity contribution in [1.82, 2.24) is 19.1 Å². The van der Waals surface area contributed by atoms with Gasteiger partial charge in [0.1, 0.15) is 5.39 Å². The quantitative estimate of drug-likeness (QED) is 0.680. The molecule has 0 amide bonds. The van der Waals surface area contributed by atoms with E-state index in [9.17, 15) is 9.59 Å². The van der Waals surface area contributed by atoms with Crippen LogP contribution in [0.5, 0.6) is 0 Å². The van der Waals surface area contributed by atoms with Gasteiger partial charge < -0.3 is 0 Å². The van der Waals surface area contributed by atoms with E-state index in [0.29, 0.717) is 16.4 Å². The second-order valence-electron chi connectivity index (χ2n) is 4.62. The van der Waals surface area contributed by atoms with Crippen LogP contribution in [-0.2, 0) is 14.1 Å². The number of hydrogen-bond acceptors (Lipinski definition) is 4. The Balaban J connectivity index is 2.39. The van der Waals surface area contributed by atoms with Gasteiger partial charge in [0.25, 0.3) is 5.56 Å². The lowest BCUT2D eigenvalue weighted by atomic mass is 10.2. The van der Waals surface area contributed by atoms with Crippen LogP contribution in [0.1, 0.15) is 0 Å². The van der Waals surface area contributed by atoms with Crippen molar-refractivity contribution >= 4 is 22.6 Å². The number of halogens is 1. The van der Waals surface area contributed by atoms with Crippen molar-refractivity contribution in [2.75, 3.05) is 0 Å². The number of benzene rings is 1. The van der Waals surface area contributed by atoms with Gasteiger partial charge in [0.15, 0.2) is 11.5 Å². The predicted octanol–water partition coefficient (Wildman–Crippen LogP) is 1.35. The molecule has 7 heteroatoms. The molecule has 3 rings (SSSR count). The number of aryl methyl sites for hydroxylation is 1. The van der Waals surface area contributed by atoms with E-state index < -0.39 is 11.2 Å². The van der Waals surface area contributed by atoms with Crippen molar-refractivity contribution in [2.45, 2.75) is 0 Å². The van der Waals surface area contributed by atoms with Crippen LogP contribution in [0.3, 0.4) is 0 Å². The van der Waals surface area contributed by atoms with Gasteiger partial charge in [-0.2, -0.15) is 0 Å². The van der Waals surface area contributed by atoms with Gasteiger partial charge in [-0.3, -0.25) is 13.9 Å². The van der Waals surface area contributed by atoms with E-state index in [1.54, 1.807) is 25.2 Å². The first kappa shape index (κ1) is 13.5. The topological polar surface area (TPSA) is 69.8 Å². The Labute approximate surface area is 124 Å². The SMILES string of the molecule is Cn1c(=O)c2cnc(-c3ccccc3Cl)nc2n(C)c1=O. The third kappa shape index (κ3) is 2.04. The summed E-state index contributed by atoms with van der Waals surface area (Å²) in [6.07, 6.45) is 1.42. The van der Waals surface area contributed by atoms with Crippen molar-refractivity contribution in [2.24, 2.45) is 14.1 Å². The van der Waals surface area contributed by atoms with Crippen LogP contribution in [0.15, 0.2) is 40.1 Å². The minimum Gasteiger partial charge on any atom is -0.280 e. The molecule has 0 spiro atoms. The van der Waals surface area contributed by atoms with Gasteiger partial charge in [-0.1, -0.05) is 23.7 Å². The molecule has 0 aliphatic rings. The van der Waals surface area contributed by atoms with Crippen molar-refractivity contribution in [3.63, 3.8) is 0 Å². The van der Waals surface area contributed by atoms with Gasteiger partial charge >= 0.3 is 5.69 Å². The molecule has 0 aliphatic carbocycles. The van der Waals surface area contributed by atoms with E-state index in [4.69, 9.17) is 11.6 Å². The molecule has 0 fully saturated rings. The summed E-state index contributed by atoms with van der Waals surface area (Å²) in [5, 5.41) is 0.793. The molecule has 21 heavy (non-hydrogen) atoms. The maximum absolute atomic E-state index is 12.1. The van der Waals surface area contributed by atoms with Gasteiger partial charge in [-0.25, -0.2) is 14.8 Å². The molecule has 0 unspecified atom stereocenters. The molecule has 0 N–H and O–H groups in total. The van der Waals surface area contributed by atoms with E-state index in [-0.39, 0.29) is 11.0 Å². The summed E-state index contributed by atoms with van der Waals surface area (Å²) in [5.41, 5.74) is 0.0809. The third-order valence-corrected chi connectivity index (χ3v) is 3.64. The van der Waals surface area contributed by atoms with E-state index in [2.05, 4.69) is 9.97 Å². The second kappa shape index (κ2) is 4.82. The average molecular weight is 303 g/mol. The smallest absolute Gasteiger partial charge is 0.280 e. The molecule has 106 valence electrons. The van der Waals surface area contributed by atoms with E-state index in [1.165, 1.54) is 17.8 Å². The van der Waals surface area contributed by atoms with Gasteiger partial charge in [0.05, 0.1) is 5.02 Å². The van der Waals surface area contributed by atoms with Crippen LogP contribution < -0.4 is 11.2 Å². The van der Waals surface area contributed by atoms with Gasteiger partial charge in [-0.05, 0) is 12.1 Å². The second-order valence-corrected chi connectivity index (χ2v) is 5.02. The highest BCUT2D eigenvalue weighted by atomic mass is 35.5. The van der Waals surface area contributed by atoms with Crippen molar-refractivity contribution in [1.29, 1.82) is 0 Å². The van der Waals surface area contributed by atoms with E-state index >= 15 is 0 Å². The van der Waals surface area contributed by atoms with Gasteiger partial charge in [0.2, 0.25) is 0 Å². The molecule has 1 aromatic carbocycles. The molecule has 0 bridgehead atoms. The Bertz CT molecular complexity index is 975. The fraction of sp³-hybridized carbons (Fsp3) is 0.143. The Morgan fingerprint density at radius 1 is 1.10 bits per heavy atom. The highest BCUT2D eigenvalue weighted by molar-refractivity contribution is 6.33. The molecule has 0 saturated heterocycles. The molecule has 0 atom stereocenters. The number of fused-ring (bicyclic) bond motifs is 1. The minimum absolute atomic E-state index is 0.285. The molecule has 2 heterocycles. The number of hydrogen-bond donors (Lipinski definition) is 0. The summed E-state index contributed by atoms with van der Waals surface area (Å²) in [4.78, 5) is 32.5. The normalized spacial score (nSPS) is 11.0. The first-order chi connectivity index (χ1) is 10.0. The maximum Gasteiger partial charge on any atom is 0.332 e. The summed E-state index contributed by atoms with van der Waals surface area (Å²) >= 11 is 6.12. The largest absolute Gasteiger partial charge is 0.332 e. The lowest BCUT2D eigenvalue weighted by molar-refractivity contribution is 0.706. The van der Waals surface area contributed by atoms with Crippen LogP contribution >= 0.6 is 11.6 Å². The fourth-order valence-electron chi connectivity index (χ4n) is 2.13. The van der Waals surface area contributed by atoms with Crippen LogP contribution in [0.4, 0.5) is 0 Å². The monoisotopic (exact) mass is 302 g/mol. The summed E-state index contributed by atoms with van der Waals surface area (Å²) < 4.78 is 2.35. The van der Waals surface area contributed by atoms with Crippen LogP contribution in [0, 0.1) is 0 Å². The Morgan fingerprint density at radius 3 is 2.52 bits per heavy atom. The third-order valence-electron chi connectivity index (χ3n) is 3.31. The van der Waals surface area contributed by atoms with Crippen LogP contribution in [0.2, 0.25) is 5.02 Å². The fourth-order valence-corrected chi connectivity index (χ4v) is 2.36. The summed E-state index contributed by atoms with van der Waals surface area (Å²) in [6.45, 7) is 0. The zero-order chi connectivity index (χ0) is 15.1. The molecule has 6 nitrogen and oxygen atoms in total. The first-order valence-electron chi connectivity index (χ1n) is 6.18. The van der Waals surface area contributed by atoms with Gasteiger partial charge in [0, 0.05) is 25.9 Å². The number of rotatable bonds is 1. The molecular formula is C14H11ClN4O2. The summed E-state index contributed by atoms with van der Waals surface area (Å²) in [6, 6.07) is 7.13. The first-order valence-corrected chi connectivity index (χ1v) is 6.56. The minimum atomic E-state index is -0.434. The van der Waals surface area contributed by atoms with Crippen molar-refractivity contribution < 1.29 is 0 Å². The number of aromatic nitrogens is 4. The Hall–Kier alpha value is -2.47. The Morgan fingerprint density at radius 2 is 1.81 bits per heavy atom. The standard InChI is InChI=1S/C14H11ClN4O2/c1-18-12-9(13(20)19(2)14(18)21)7-16-11(17-12)8-5-3-4-6-10(8)15/h3-7H,1-2H3. The lowest BCUT2D eigenvalue weighted by Gasteiger charge is -2.08. The van der Waals surface area contributed by atoms with E-state index in [1.807, 2.05) is 6.07 Å². The van der Waals surface area contributed by atoms with Crippen LogP contribution in [0.25, 0.3) is 22.4 Å². The van der Waals surface area contributed by atoms with Crippen molar-refractivity contribution in [3.8, 4) is 11.4 Å². The van der Waals surface area contributed by atoms with E-state index in [0.717, 1.165) is 4.57 Å². The molecule has 3 aromatic rings. The molecular weight excluding hydrogens is 292 g/mol. The lowest BCUT2D eigenvalue weighted by Crippen LogP contribution is -2.37. The molecule has 0 aliphatic heterocycles. The Kier molecular flexibility index (Phi) is 3.10. The predicted molar refractivity (Wildman–Crippen MR) is 80.5 cm³/mol. The summed E-state index contributed by atoms with van der Waals surface area (Å²) in [7, 11) is 2.99. The van der Waals surface area contributed by atoms with Crippen molar-refractivity contribution in [3.05, 3.63) is 56.3 Å². The van der Waals surface area contributed by atoms with Crippen LogP contribution in [-0.4, -0.2) is 19.1 Å². The maximum atomic E-state index is 12.1. The zero-order valence-corrected chi connectivity index (χ0v) is 12.1. The average Bonchev–Trinajstić information content (AvgIpc) is 2.51.